The highest BCUT2D eigenvalue weighted by Crippen LogP contribution is 2.44. The van der Waals surface area contributed by atoms with Gasteiger partial charge in [-0.3, -0.25) is 4.79 Å². The van der Waals surface area contributed by atoms with Gasteiger partial charge >= 0.3 is 5.97 Å². The van der Waals surface area contributed by atoms with E-state index < -0.39 is 11.9 Å². The number of hydrogen-bond acceptors (Lipinski definition) is 5. The molecule has 0 saturated carbocycles. The highest BCUT2D eigenvalue weighted by atomic mass is 79.9. The Labute approximate surface area is 175 Å². The van der Waals surface area contributed by atoms with Crippen molar-refractivity contribution in [1.29, 1.82) is 0 Å². The number of ether oxygens (including phenoxy) is 2. The molecule has 1 aliphatic heterocycles. The summed E-state index contributed by atoms with van der Waals surface area (Å²) in [6.45, 7) is 1.90. The first-order valence-corrected chi connectivity index (χ1v) is 9.95. The number of aromatic nitrogens is 1. The van der Waals surface area contributed by atoms with Crippen LogP contribution in [0.4, 0.5) is 0 Å². The molecular formula is C22H19BrN2O4. The number of halogens is 1. The smallest absolute Gasteiger partial charge is 0.340 e. The molecule has 0 bridgehead atoms. The van der Waals surface area contributed by atoms with E-state index in [2.05, 4.69) is 15.9 Å². The summed E-state index contributed by atoms with van der Waals surface area (Å²) in [6.07, 6.45) is 0. The maximum Gasteiger partial charge on any atom is 0.340 e. The molecule has 7 heteroatoms. The Morgan fingerprint density at radius 3 is 2.59 bits per heavy atom. The normalized spacial score (nSPS) is 15.8. The fourth-order valence-corrected chi connectivity index (χ4v) is 3.99. The van der Waals surface area contributed by atoms with Crippen LogP contribution in [0.5, 0.6) is 5.75 Å². The average Bonchev–Trinajstić information content (AvgIpc) is 2.72. The van der Waals surface area contributed by atoms with E-state index in [1.54, 1.807) is 18.5 Å². The monoisotopic (exact) mass is 454 g/mol. The van der Waals surface area contributed by atoms with Gasteiger partial charge < -0.3 is 19.8 Å². The van der Waals surface area contributed by atoms with Crippen LogP contribution in [0.15, 0.2) is 69.3 Å². The van der Waals surface area contributed by atoms with Crippen LogP contribution >= 0.6 is 15.9 Å². The molecule has 1 aliphatic rings. The van der Waals surface area contributed by atoms with Gasteiger partial charge in [0.15, 0.2) is 0 Å². The van der Waals surface area contributed by atoms with Crippen LogP contribution in [-0.2, 0) is 16.6 Å². The molecule has 1 unspecified atom stereocenters. The number of esters is 1. The van der Waals surface area contributed by atoms with E-state index in [9.17, 15) is 9.59 Å². The lowest BCUT2D eigenvalue weighted by molar-refractivity contribution is -0.139. The minimum atomic E-state index is -0.700. The van der Waals surface area contributed by atoms with Gasteiger partial charge in [0.05, 0.1) is 23.6 Å². The average molecular weight is 455 g/mol. The van der Waals surface area contributed by atoms with Crippen molar-refractivity contribution in [2.24, 2.45) is 12.8 Å². The third-order valence-electron chi connectivity index (χ3n) is 5.04. The van der Waals surface area contributed by atoms with Gasteiger partial charge in [0.2, 0.25) is 5.88 Å². The van der Waals surface area contributed by atoms with Gasteiger partial charge in [-0.1, -0.05) is 40.2 Å². The second kappa shape index (κ2) is 7.40. The molecule has 2 aromatic carbocycles. The van der Waals surface area contributed by atoms with Crippen molar-refractivity contribution in [3.63, 3.8) is 0 Å². The first-order valence-electron chi connectivity index (χ1n) is 9.15. The van der Waals surface area contributed by atoms with E-state index in [0.29, 0.717) is 11.3 Å². The van der Waals surface area contributed by atoms with Crippen molar-refractivity contribution in [3.05, 3.63) is 85.9 Å². The lowest BCUT2D eigenvalue weighted by Gasteiger charge is -2.29. The minimum Gasteiger partial charge on any atom is -0.462 e. The molecule has 0 radical (unpaired) electrons. The molecule has 4 rings (SSSR count). The Bertz CT molecular complexity index is 1210. The molecule has 1 atom stereocenters. The van der Waals surface area contributed by atoms with Gasteiger partial charge in [0.25, 0.3) is 5.56 Å². The van der Waals surface area contributed by atoms with E-state index in [0.717, 1.165) is 20.9 Å². The molecule has 3 aromatic rings. The molecule has 148 valence electrons. The summed E-state index contributed by atoms with van der Waals surface area (Å²) in [7, 11) is 1.70. The standard InChI is InChI=1S/C22H19BrN2O4/c1-3-28-22(27)18-16(12-8-10-13(23)11-9-12)17-19(29-20(18)24)14-6-4-5-7-15(14)25(2)21(17)26/h4-11,16H,3,24H2,1-2H3. The van der Waals surface area contributed by atoms with E-state index in [-0.39, 0.29) is 23.6 Å². The van der Waals surface area contributed by atoms with Crippen molar-refractivity contribution in [1.82, 2.24) is 4.57 Å². The van der Waals surface area contributed by atoms with Crippen LogP contribution in [0.3, 0.4) is 0 Å². The SMILES string of the molecule is CCOC(=O)C1=C(N)Oc2c(c(=O)n(C)c3ccccc23)C1c1ccc(Br)cc1. The molecule has 29 heavy (non-hydrogen) atoms. The number of nitrogens with two attached hydrogens (primary N) is 1. The van der Waals surface area contributed by atoms with Gasteiger partial charge in [-0.2, -0.15) is 0 Å². The maximum absolute atomic E-state index is 13.4. The summed E-state index contributed by atoms with van der Waals surface area (Å²) in [5, 5.41) is 0.748. The fraction of sp³-hybridized carbons (Fsp3) is 0.182. The van der Waals surface area contributed by atoms with Crippen LogP contribution in [0.1, 0.15) is 24.0 Å². The molecule has 2 heterocycles. The number of para-hydroxylation sites is 1. The Balaban J connectivity index is 2.08. The number of pyridine rings is 1. The number of fused-ring (bicyclic) bond motifs is 3. The van der Waals surface area contributed by atoms with Crippen LogP contribution in [0, 0.1) is 0 Å². The Morgan fingerprint density at radius 1 is 1.21 bits per heavy atom. The number of rotatable bonds is 3. The zero-order chi connectivity index (χ0) is 20.7. The van der Waals surface area contributed by atoms with Crippen molar-refractivity contribution < 1.29 is 14.3 Å². The number of carbonyl (C=O) groups excluding carboxylic acids is 1. The van der Waals surface area contributed by atoms with Gasteiger partial charge in [-0.25, -0.2) is 4.79 Å². The van der Waals surface area contributed by atoms with E-state index >= 15 is 0 Å². The van der Waals surface area contributed by atoms with Crippen molar-refractivity contribution in [3.8, 4) is 5.75 Å². The minimum absolute atomic E-state index is 0.0534. The van der Waals surface area contributed by atoms with E-state index in [1.807, 2.05) is 48.5 Å². The van der Waals surface area contributed by atoms with Crippen molar-refractivity contribution >= 4 is 32.8 Å². The predicted molar refractivity (Wildman–Crippen MR) is 114 cm³/mol. The highest BCUT2D eigenvalue weighted by molar-refractivity contribution is 9.10. The number of carbonyl (C=O) groups is 1. The number of aryl methyl sites for hydroxylation is 1. The number of hydrogen-bond donors (Lipinski definition) is 1. The molecule has 6 nitrogen and oxygen atoms in total. The summed E-state index contributed by atoms with van der Waals surface area (Å²) in [6, 6.07) is 14.9. The molecule has 2 N–H and O–H groups in total. The van der Waals surface area contributed by atoms with Gasteiger partial charge in [-0.15, -0.1) is 0 Å². The lowest BCUT2D eigenvalue weighted by Crippen LogP contribution is -2.34. The van der Waals surface area contributed by atoms with Gasteiger partial charge in [0, 0.05) is 16.9 Å². The summed E-state index contributed by atoms with van der Waals surface area (Å²) in [5.74, 6) is -0.975. The summed E-state index contributed by atoms with van der Waals surface area (Å²) in [5.41, 5.74) is 7.92. The highest BCUT2D eigenvalue weighted by Gasteiger charge is 2.38. The first-order chi connectivity index (χ1) is 13.9. The van der Waals surface area contributed by atoms with E-state index in [4.69, 9.17) is 15.2 Å². The Kier molecular flexibility index (Phi) is 4.92. The predicted octanol–water partition coefficient (Wildman–Crippen LogP) is 3.56. The molecular weight excluding hydrogens is 436 g/mol. The lowest BCUT2D eigenvalue weighted by atomic mass is 9.83. The molecule has 0 amide bonds. The largest absolute Gasteiger partial charge is 0.462 e. The van der Waals surface area contributed by atoms with Gasteiger partial charge in [0.1, 0.15) is 11.3 Å². The van der Waals surface area contributed by atoms with Crippen molar-refractivity contribution in [2.45, 2.75) is 12.8 Å². The molecule has 1 aromatic heterocycles. The Hall–Kier alpha value is -3.06. The number of nitrogens with zero attached hydrogens (tertiary/aromatic N) is 1. The zero-order valence-electron chi connectivity index (χ0n) is 15.9. The van der Waals surface area contributed by atoms with Crippen LogP contribution in [0.25, 0.3) is 10.9 Å². The third kappa shape index (κ3) is 3.11. The third-order valence-corrected chi connectivity index (χ3v) is 5.57. The zero-order valence-corrected chi connectivity index (χ0v) is 17.5. The van der Waals surface area contributed by atoms with Gasteiger partial charge in [-0.05, 0) is 36.8 Å². The summed E-state index contributed by atoms with van der Waals surface area (Å²) >= 11 is 3.42. The molecule has 0 aliphatic carbocycles. The summed E-state index contributed by atoms with van der Waals surface area (Å²) < 4.78 is 13.5. The first kappa shape index (κ1) is 19.3. The Morgan fingerprint density at radius 2 is 1.90 bits per heavy atom. The topological polar surface area (TPSA) is 83.6 Å². The fourth-order valence-electron chi connectivity index (χ4n) is 3.72. The second-order valence-corrected chi connectivity index (χ2v) is 7.62. The molecule has 0 spiro atoms. The van der Waals surface area contributed by atoms with Crippen LogP contribution in [-0.4, -0.2) is 17.1 Å². The van der Waals surface area contributed by atoms with Crippen molar-refractivity contribution in [2.75, 3.05) is 6.61 Å². The van der Waals surface area contributed by atoms with E-state index in [1.165, 1.54) is 0 Å². The number of benzene rings is 2. The quantitative estimate of drug-likeness (QED) is 0.611. The molecule has 0 fully saturated rings. The molecule has 0 saturated heterocycles. The van der Waals surface area contributed by atoms with Crippen LogP contribution < -0.4 is 16.0 Å². The maximum atomic E-state index is 13.4. The van der Waals surface area contributed by atoms with Crippen LogP contribution in [0.2, 0.25) is 0 Å². The second-order valence-electron chi connectivity index (χ2n) is 6.71. The summed E-state index contributed by atoms with van der Waals surface area (Å²) in [4.78, 5) is 26.1.